The van der Waals surface area contributed by atoms with Gasteiger partial charge in [-0.15, -0.1) is 0 Å². The first-order valence-corrected chi connectivity index (χ1v) is 7.23. The van der Waals surface area contributed by atoms with Crippen LogP contribution >= 0.6 is 11.6 Å². The lowest BCUT2D eigenvalue weighted by Gasteiger charge is -2.24. The Morgan fingerprint density at radius 1 is 1.47 bits per heavy atom. The fourth-order valence-electron chi connectivity index (χ4n) is 2.11. The maximum absolute atomic E-state index is 12.6. The summed E-state index contributed by atoms with van der Waals surface area (Å²) in [5, 5.41) is 0.449. The van der Waals surface area contributed by atoms with Crippen LogP contribution in [0.4, 0.5) is 5.69 Å². The van der Waals surface area contributed by atoms with E-state index in [2.05, 4.69) is 13.8 Å². The Hall–Kier alpha value is -1.22. The zero-order valence-electron chi connectivity index (χ0n) is 11.5. The van der Waals surface area contributed by atoms with Gasteiger partial charge in [0, 0.05) is 12.6 Å². The summed E-state index contributed by atoms with van der Waals surface area (Å²) in [7, 11) is 0. The molecule has 3 nitrogen and oxygen atoms in total. The Labute approximate surface area is 119 Å². The van der Waals surface area contributed by atoms with Crippen LogP contribution in [-0.4, -0.2) is 23.4 Å². The fourth-order valence-corrected chi connectivity index (χ4v) is 2.29. The molecule has 0 radical (unpaired) electrons. The van der Waals surface area contributed by atoms with Gasteiger partial charge in [-0.3, -0.25) is 4.79 Å². The first-order chi connectivity index (χ1) is 9.00. The Kier molecular flexibility index (Phi) is 4.35. The van der Waals surface area contributed by atoms with E-state index in [1.165, 1.54) is 0 Å². The molecule has 19 heavy (non-hydrogen) atoms. The number of anilines is 1. The number of para-hydroxylation sites is 1. The average molecular weight is 281 g/mol. The van der Waals surface area contributed by atoms with Gasteiger partial charge in [0.05, 0.1) is 16.3 Å². The molecular formula is C15H21ClN2O. The molecule has 1 aromatic carbocycles. The molecule has 0 unspecified atom stereocenters. The van der Waals surface area contributed by atoms with E-state index < -0.39 is 0 Å². The van der Waals surface area contributed by atoms with Crippen LogP contribution in [0.2, 0.25) is 5.02 Å². The number of benzene rings is 1. The Morgan fingerprint density at radius 3 is 2.74 bits per heavy atom. The molecule has 0 saturated heterocycles. The molecule has 0 bridgehead atoms. The molecule has 1 saturated carbocycles. The number of nitrogens with zero attached hydrogens (tertiary/aromatic N) is 1. The summed E-state index contributed by atoms with van der Waals surface area (Å²) in [6, 6.07) is 5.64. The van der Waals surface area contributed by atoms with Crippen LogP contribution in [0.3, 0.4) is 0 Å². The molecule has 0 heterocycles. The van der Waals surface area contributed by atoms with Crippen LogP contribution < -0.4 is 5.73 Å². The lowest BCUT2D eigenvalue weighted by molar-refractivity contribution is 0.0736. The van der Waals surface area contributed by atoms with Crippen molar-refractivity contribution < 1.29 is 4.79 Å². The molecule has 0 spiro atoms. The van der Waals surface area contributed by atoms with Gasteiger partial charge < -0.3 is 10.6 Å². The largest absolute Gasteiger partial charge is 0.397 e. The highest BCUT2D eigenvalue weighted by Crippen LogP contribution is 2.31. The van der Waals surface area contributed by atoms with Crippen molar-refractivity contribution in [3.63, 3.8) is 0 Å². The Balaban J connectivity index is 2.17. The van der Waals surface area contributed by atoms with Gasteiger partial charge in [-0.2, -0.15) is 0 Å². The van der Waals surface area contributed by atoms with E-state index in [4.69, 9.17) is 17.3 Å². The van der Waals surface area contributed by atoms with Crippen LogP contribution in [0.25, 0.3) is 0 Å². The summed E-state index contributed by atoms with van der Waals surface area (Å²) < 4.78 is 0. The normalized spacial score (nSPS) is 14.7. The lowest BCUT2D eigenvalue weighted by Crippen LogP contribution is -2.35. The molecule has 4 heteroatoms. The minimum Gasteiger partial charge on any atom is -0.397 e. The molecule has 1 amide bonds. The number of rotatable bonds is 5. The molecule has 1 aliphatic carbocycles. The van der Waals surface area contributed by atoms with Crippen LogP contribution in [0.5, 0.6) is 0 Å². The smallest absolute Gasteiger partial charge is 0.256 e. The third kappa shape index (κ3) is 3.41. The second-order valence-electron chi connectivity index (χ2n) is 5.61. The van der Waals surface area contributed by atoms with E-state index in [0.29, 0.717) is 28.2 Å². The predicted octanol–water partition coefficient (Wildman–Crippen LogP) is 3.57. The van der Waals surface area contributed by atoms with Gasteiger partial charge in [-0.25, -0.2) is 0 Å². The van der Waals surface area contributed by atoms with Gasteiger partial charge in [0.25, 0.3) is 5.91 Å². The van der Waals surface area contributed by atoms with Gasteiger partial charge in [0.15, 0.2) is 0 Å². The second-order valence-corrected chi connectivity index (χ2v) is 6.02. The zero-order valence-corrected chi connectivity index (χ0v) is 12.3. The van der Waals surface area contributed by atoms with Gasteiger partial charge in [0.2, 0.25) is 0 Å². The van der Waals surface area contributed by atoms with E-state index >= 15 is 0 Å². The number of hydrogen-bond acceptors (Lipinski definition) is 2. The van der Waals surface area contributed by atoms with Crippen LogP contribution in [0, 0.1) is 5.92 Å². The second kappa shape index (κ2) is 5.83. The number of nitrogens with two attached hydrogens (primary N) is 1. The van der Waals surface area contributed by atoms with E-state index in [1.807, 2.05) is 4.90 Å². The number of carbonyl (C=O) groups excluding carboxylic acids is 1. The number of carbonyl (C=O) groups is 1. The first kappa shape index (κ1) is 14.2. The topological polar surface area (TPSA) is 46.3 Å². The quantitative estimate of drug-likeness (QED) is 0.838. The fraction of sp³-hybridized carbons (Fsp3) is 0.533. The molecule has 2 N–H and O–H groups in total. The molecule has 1 fully saturated rings. The maximum Gasteiger partial charge on any atom is 0.256 e. The number of hydrogen-bond donors (Lipinski definition) is 1. The molecule has 2 rings (SSSR count). The summed E-state index contributed by atoms with van der Waals surface area (Å²) in [4.78, 5) is 14.6. The summed E-state index contributed by atoms with van der Waals surface area (Å²) in [5.41, 5.74) is 6.84. The van der Waals surface area contributed by atoms with Crippen molar-refractivity contribution >= 4 is 23.2 Å². The summed E-state index contributed by atoms with van der Waals surface area (Å²) in [6.07, 6.45) is 3.22. The SMILES string of the molecule is CC(C)CCN(C(=O)c1cccc(Cl)c1N)C1CC1. The molecule has 1 aromatic rings. The van der Waals surface area contributed by atoms with Crippen molar-refractivity contribution in [1.82, 2.24) is 4.90 Å². The van der Waals surface area contributed by atoms with Crippen molar-refractivity contribution in [3.05, 3.63) is 28.8 Å². The summed E-state index contributed by atoms with van der Waals surface area (Å²) >= 11 is 5.99. The van der Waals surface area contributed by atoms with Gasteiger partial charge >= 0.3 is 0 Å². The lowest BCUT2D eigenvalue weighted by atomic mass is 10.1. The first-order valence-electron chi connectivity index (χ1n) is 6.85. The Bertz CT molecular complexity index is 469. The van der Waals surface area contributed by atoms with Crippen LogP contribution in [-0.2, 0) is 0 Å². The average Bonchev–Trinajstić information content (AvgIpc) is 3.17. The monoisotopic (exact) mass is 280 g/mol. The summed E-state index contributed by atoms with van der Waals surface area (Å²) in [6.45, 7) is 5.14. The molecular weight excluding hydrogens is 260 g/mol. The maximum atomic E-state index is 12.6. The van der Waals surface area contributed by atoms with E-state index in [1.54, 1.807) is 18.2 Å². The highest BCUT2D eigenvalue weighted by molar-refractivity contribution is 6.33. The van der Waals surface area contributed by atoms with Gasteiger partial charge in [0.1, 0.15) is 0 Å². The zero-order chi connectivity index (χ0) is 14.0. The molecule has 0 aromatic heterocycles. The van der Waals surface area contributed by atoms with Crippen molar-refractivity contribution in [1.29, 1.82) is 0 Å². The third-order valence-corrected chi connectivity index (χ3v) is 3.81. The molecule has 1 aliphatic rings. The van der Waals surface area contributed by atoms with Crippen LogP contribution in [0.15, 0.2) is 18.2 Å². The van der Waals surface area contributed by atoms with E-state index in [9.17, 15) is 4.79 Å². The van der Waals surface area contributed by atoms with Crippen LogP contribution in [0.1, 0.15) is 43.5 Å². The standard InChI is InChI=1S/C15H21ClN2O/c1-10(2)8-9-18(11-6-7-11)15(19)12-4-3-5-13(16)14(12)17/h3-5,10-11H,6-9,17H2,1-2H3. The highest BCUT2D eigenvalue weighted by atomic mass is 35.5. The van der Waals surface area contributed by atoms with Crippen molar-refractivity contribution in [2.75, 3.05) is 12.3 Å². The van der Waals surface area contributed by atoms with Gasteiger partial charge in [-0.1, -0.05) is 31.5 Å². The van der Waals surface area contributed by atoms with Crippen molar-refractivity contribution in [3.8, 4) is 0 Å². The molecule has 0 aliphatic heterocycles. The highest BCUT2D eigenvalue weighted by Gasteiger charge is 2.33. The predicted molar refractivity (Wildman–Crippen MR) is 79.4 cm³/mol. The number of amides is 1. The van der Waals surface area contributed by atoms with Gasteiger partial charge in [-0.05, 0) is 37.3 Å². The molecule has 104 valence electrons. The Morgan fingerprint density at radius 2 is 2.16 bits per heavy atom. The third-order valence-electron chi connectivity index (χ3n) is 3.48. The minimum atomic E-state index is 0.0168. The minimum absolute atomic E-state index is 0.0168. The van der Waals surface area contributed by atoms with E-state index in [-0.39, 0.29) is 5.91 Å². The van der Waals surface area contributed by atoms with Crippen molar-refractivity contribution in [2.45, 2.75) is 39.2 Å². The van der Waals surface area contributed by atoms with E-state index in [0.717, 1.165) is 25.8 Å². The molecule has 0 atom stereocenters. The number of nitrogen functional groups attached to an aromatic ring is 1. The summed E-state index contributed by atoms with van der Waals surface area (Å²) in [5.74, 6) is 0.605. The van der Waals surface area contributed by atoms with Crippen molar-refractivity contribution in [2.24, 2.45) is 5.92 Å². The number of halogens is 1.